The number of nitro benzene ring substituents is 1. The highest BCUT2D eigenvalue weighted by Gasteiger charge is 2.23. The number of nitrogens with one attached hydrogen (secondary N) is 1. The Morgan fingerprint density at radius 3 is 2.47 bits per heavy atom. The predicted octanol–water partition coefficient (Wildman–Crippen LogP) is 3.10. The van der Waals surface area contributed by atoms with E-state index in [2.05, 4.69) is 11.9 Å². The van der Waals surface area contributed by atoms with Gasteiger partial charge in [-0.05, 0) is 36.4 Å². The van der Waals surface area contributed by atoms with Crippen LogP contribution in [0.15, 0.2) is 55.1 Å². The summed E-state index contributed by atoms with van der Waals surface area (Å²) in [6.07, 6.45) is 1.63. The van der Waals surface area contributed by atoms with Crippen LogP contribution >= 0.6 is 11.6 Å². The van der Waals surface area contributed by atoms with E-state index in [9.17, 15) is 19.7 Å². The smallest absolute Gasteiger partial charge is 0.313 e. The number of amides is 2. The summed E-state index contributed by atoms with van der Waals surface area (Å²) in [5.41, 5.74) is 0.244. The highest BCUT2D eigenvalue weighted by molar-refractivity contribution is 6.30. The fourth-order valence-electron chi connectivity index (χ4n) is 3.25. The number of halogens is 1. The van der Waals surface area contributed by atoms with E-state index in [4.69, 9.17) is 16.3 Å². The van der Waals surface area contributed by atoms with Crippen LogP contribution in [-0.4, -0.2) is 65.8 Å². The molecule has 168 valence electrons. The predicted molar refractivity (Wildman–Crippen MR) is 120 cm³/mol. The second kappa shape index (κ2) is 10.7. The summed E-state index contributed by atoms with van der Waals surface area (Å²) < 4.78 is 5.61. The zero-order chi connectivity index (χ0) is 23.1. The molecular formula is C22H23ClN4O5. The number of nitrogens with zero attached hydrogens (tertiary/aromatic N) is 3. The van der Waals surface area contributed by atoms with Crippen molar-refractivity contribution < 1.29 is 19.2 Å². The summed E-state index contributed by atoms with van der Waals surface area (Å²) in [5.74, 6) is 0.236. The third kappa shape index (κ3) is 6.05. The number of carbonyl (C=O) groups is 2. The van der Waals surface area contributed by atoms with Crippen LogP contribution in [0.5, 0.6) is 11.5 Å². The lowest BCUT2D eigenvalue weighted by molar-refractivity contribution is -0.385. The average molecular weight is 459 g/mol. The zero-order valence-electron chi connectivity index (χ0n) is 17.3. The molecule has 0 aliphatic carbocycles. The fraction of sp³-hybridized carbons (Fsp3) is 0.273. The van der Waals surface area contributed by atoms with Crippen LogP contribution in [0.3, 0.4) is 0 Å². The van der Waals surface area contributed by atoms with Crippen molar-refractivity contribution in [3.63, 3.8) is 0 Å². The topological polar surface area (TPSA) is 105 Å². The Balaban J connectivity index is 1.56. The fourth-order valence-corrected chi connectivity index (χ4v) is 3.42. The Hall–Kier alpha value is -3.43. The highest BCUT2D eigenvalue weighted by Crippen LogP contribution is 2.33. The molecule has 0 unspecified atom stereocenters. The number of hydrogen-bond acceptors (Lipinski definition) is 6. The molecule has 2 amide bonds. The van der Waals surface area contributed by atoms with E-state index in [1.54, 1.807) is 35.2 Å². The van der Waals surface area contributed by atoms with Gasteiger partial charge in [-0.15, -0.1) is 6.58 Å². The van der Waals surface area contributed by atoms with Gasteiger partial charge in [0.25, 0.3) is 5.91 Å². The molecule has 1 aliphatic heterocycles. The van der Waals surface area contributed by atoms with Crippen LogP contribution in [0.4, 0.5) is 5.69 Å². The van der Waals surface area contributed by atoms with E-state index < -0.39 is 4.92 Å². The highest BCUT2D eigenvalue weighted by atomic mass is 35.5. The minimum absolute atomic E-state index is 0.0618. The quantitative estimate of drug-likeness (QED) is 0.370. The zero-order valence-corrected chi connectivity index (χ0v) is 18.1. The minimum Gasteiger partial charge on any atom is -0.450 e. The summed E-state index contributed by atoms with van der Waals surface area (Å²) in [5, 5.41) is 14.2. The normalized spacial score (nSPS) is 14.0. The first-order valence-electron chi connectivity index (χ1n) is 9.98. The van der Waals surface area contributed by atoms with Crippen molar-refractivity contribution in [1.29, 1.82) is 0 Å². The number of carbonyl (C=O) groups excluding carboxylic acids is 2. The maximum absolute atomic E-state index is 12.8. The van der Waals surface area contributed by atoms with E-state index in [1.807, 2.05) is 4.90 Å². The lowest BCUT2D eigenvalue weighted by atomic mass is 10.1. The summed E-state index contributed by atoms with van der Waals surface area (Å²) >= 11 is 5.82. The number of benzene rings is 2. The SMILES string of the molecule is C=CCNC(=O)CN1CCN(C(=O)c2ccc(Oc3ccc(Cl)cc3[N+](=O)[O-])cc2)CC1. The molecule has 0 saturated carbocycles. The summed E-state index contributed by atoms with van der Waals surface area (Å²) in [7, 11) is 0. The monoisotopic (exact) mass is 458 g/mol. The Labute approximate surface area is 190 Å². The first-order chi connectivity index (χ1) is 15.4. The van der Waals surface area contributed by atoms with Crippen LogP contribution in [0, 0.1) is 10.1 Å². The van der Waals surface area contributed by atoms with E-state index in [0.29, 0.717) is 50.6 Å². The Morgan fingerprint density at radius 2 is 1.84 bits per heavy atom. The van der Waals surface area contributed by atoms with Gasteiger partial charge in [0.15, 0.2) is 0 Å². The molecule has 10 heteroatoms. The lowest BCUT2D eigenvalue weighted by Gasteiger charge is -2.34. The molecule has 2 aromatic carbocycles. The van der Waals surface area contributed by atoms with E-state index >= 15 is 0 Å². The van der Waals surface area contributed by atoms with Crippen molar-refractivity contribution in [2.24, 2.45) is 0 Å². The Bertz CT molecular complexity index is 1000. The maximum Gasteiger partial charge on any atom is 0.313 e. The second-order valence-corrected chi connectivity index (χ2v) is 7.59. The van der Waals surface area contributed by atoms with Crippen molar-refractivity contribution in [1.82, 2.24) is 15.1 Å². The Morgan fingerprint density at radius 1 is 1.16 bits per heavy atom. The molecule has 2 aromatic rings. The standard InChI is InChI=1S/C22H23ClN4O5/c1-2-9-24-21(28)15-25-10-12-26(13-11-25)22(29)16-3-6-18(7-4-16)32-20-8-5-17(23)14-19(20)27(30)31/h2-8,14H,1,9-13,15H2,(H,24,28). The van der Waals surface area contributed by atoms with Crippen LogP contribution < -0.4 is 10.1 Å². The molecule has 0 atom stereocenters. The van der Waals surface area contributed by atoms with Crippen LogP contribution in [0.2, 0.25) is 5.02 Å². The van der Waals surface area contributed by atoms with Crippen molar-refractivity contribution in [3.8, 4) is 11.5 Å². The summed E-state index contributed by atoms with van der Waals surface area (Å²) in [6.45, 7) is 6.53. The molecule has 0 aromatic heterocycles. The number of ether oxygens (including phenoxy) is 1. The lowest BCUT2D eigenvalue weighted by Crippen LogP contribution is -2.51. The van der Waals surface area contributed by atoms with Gasteiger partial charge in [0.1, 0.15) is 5.75 Å². The molecule has 1 saturated heterocycles. The second-order valence-electron chi connectivity index (χ2n) is 7.16. The number of nitro groups is 1. The molecule has 1 fully saturated rings. The van der Waals surface area contributed by atoms with Gasteiger partial charge in [0.05, 0.1) is 11.5 Å². The van der Waals surface area contributed by atoms with E-state index in [-0.39, 0.29) is 28.3 Å². The molecule has 0 radical (unpaired) electrons. The number of hydrogen-bond donors (Lipinski definition) is 1. The molecule has 0 spiro atoms. The van der Waals surface area contributed by atoms with Gasteiger partial charge in [-0.2, -0.15) is 0 Å². The average Bonchev–Trinajstić information content (AvgIpc) is 2.79. The van der Waals surface area contributed by atoms with Crippen molar-refractivity contribution in [3.05, 3.63) is 75.8 Å². The van der Waals surface area contributed by atoms with Gasteiger partial charge < -0.3 is 15.0 Å². The van der Waals surface area contributed by atoms with Gasteiger partial charge in [-0.1, -0.05) is 17.7 Å². The van der Waals surface area contributed by atoms with Gasteiger partial charge in [0.2, 0.25) is 11.7 Å². The van der Waals surface area contributed by atoms with E-state index in [1.165, 1.54) is 18.2 Å². The Kier molecular flexibility index (Phi) is 7.80. The van der Waals surface area contributed by atoms with Crippen molar-refractivity contribution in [2.75, 3.05) is 39.3 Å². The number of rotatable bonds is 8. The molecule has 1 aliphatic rings. The van der Waals surface area contributed by atoms with E-state index in [0.717, 1.165) is 0 Å². The molecule has 32 heavy (non-hydrogen) atoms. The molecule has 1 heterocycles. The van der Waals surface area contributed by atoms with Crippen molar-refractivity contribution >= 4 is 29.1 Å². The minimum atomic E-state index is -0.568. The van der Waals surface area contributed by atoms with Crippen LogP contribution in [0.25, 0.3) is 0 Å². The van der Waals surface area contributed by atoms with Gasteiger partial charge in [-0.25, -0.2) is 0 Å². The van der Waals surface area contributed by atoms with Gasteiger partial charge in [-0.3, -0.25) is 24.6 Å². The van der Waals surface area contributed by atoms with Crippen LogP contribution in [0.1, 0.15) is 10.4 Å². The largest absolute Gasteiger partial charge is 0.450 e. The number of piperazine rings is 1. The van der Waals surface area contributed by atoms with Crippen molar-refractivity contribution in [2.45, 2.75) is 0 Å². The summed E-state index contributed by atoms with van der Waals surface area (Å²) in [4.78, 5) is 39.0. The van der Waals surface area contributed by atoms with Gasteiger partial charge >= 0.3 is 5.69 Å². The third-order valence-electron chi connectivity index (χ3n) is 4.92. The molecular weight excluding hydrogens is 436 g/mol. The molecule has 9 nitrogen and oxygen atoms in total. The van der Waals surface area contributed by atoms with Gasteiger partial charge in [0, 0.05) is 49.4 Å². The third-order valence-corrected chi connectivity index (χ3v) is 5.15. The molecule has 3 rings (SSSR count). The maximum atomic E-state index is 12.8. The first kappa shape index (κ1) is 23.2. The molecule has 1 N–H and O–H groups in total. The van der Waals surface area contributed by atoms with Crippen LogP contribution in [-0.2, 0) is 4.79 Å². The first-order valence-corrected chi connectivity index (χ1v) is 10.4. The summed E-state index contributed by atoms with van der Waals surface area (Å²) in [6, 6.07) is 10.6. The molecule has 0 bridgehead atoms.